The maximum atomic E-state index is 9.94. The van der Waals surface area contributed by atoms with Crippen LogP contribution in [0.5, 0.6) is 0 Å². The largest absolute Gasteiger partial charge is 0.323 e. The SMILES string of the molecule is CC(C)(C)C1=N[Si](C)(C)C(C(=N)c2ccc(-c3ccccc3)cc2)(c2ccccc2)C1=C=Cc1ccccc1. The van der Waals surface area contributed by atoms with Crippen molar-refractivity contribution < 1.29 is 0 Å². The Bertz CT molecular complexity index is 1570. The van der Waals surface area contributed by atoms with E-state index in [0.29, 0.717) is 5.71 Å². The molecule has 1 unspecified atom stereocenters. The number of nitrogens with one attached hydrogen (secondary N) is 1. The fraction of sp³-hybridized carbons (Fsp3) is 0.194. The molecule has 0 aromatic heterocycles. The fourth-order valence-electron chi connectivity index (χ4n) is 5.76. The van der Waals surface area contributed by atoms with E-state index >= 15 is 0 Å². The maximum absolute atomic E-state index is 9.94. The van der Waals surface area contributed by atoms with Crippen LogP contribution in [0.1, 0.15) is 37.5 Å². The molecule has 0 fully saturated rings. The summed E-state index contributed by atoms with van der Waals surface area (Å²) in [6.45, 7) is 11.3. The number of allylic oxidation sites excluding steroid dienone is 1. The van der Waals surface area contributed by atoms with Crippen LogP contribution in [0.3, 0.4) is 0 Å². The lowest BCUT2D eigenvalue weighted by Gasteiger charge is -2.40. The average molecular weight is 525 g/mol. The first kappa shape index (κ1) is 26.6. The molecule has 5 rings (SSSR count). The highest BCUT2D eigenvalue weighted by atomic mass is 28.3. The minimum Gasteiger partial charge on any atom is -0.323 e. The van der Waals surface area contributed by atoms with Crippen LogP contribution < -0.4 is 0 Å². The highest BCUT2D eigenvalue weighted by molar-refractivity contribution is 6.87. The predicted molar refractivity (Wildman–Crippen MR) is 169 cm³/mol. The smallest absolute Gasteiger partial charge is 0.197 e. The Hall–Kier alpha value is -4.04. The van der Waals surface area contributed by atoms with Crippen molar-refractivity contribution in [2.45, 2.75) is 38.9 Å². The zero-order chi connectivity index (χ0) is 27.7. The van der Waals surface area contributed by atoms with E-state index in [4.69, 9.17) is 4.66 Å². The van der Waals surface area contributed by atoms with Crippen molar-refractivity contribution in [3.63, 3.8) is 0 Å². The van der Waals surface area contributed by atoms with Gasteiger partial charge in [0.2, 0.25) is 0 Å². The Kier molecular flexibility index (Phi) is 6.99. The molecule has 3 heteroatoms. The number of hydrogen-bond donors (Lipinski definition) is 1. The van der Waals surface area contributed by atoms with Gasteiger partial charge in [0.05, 0.1) is 10.7 Å². The molecular formula is C36H36N2Si. The molecular weight excluding hydrogens is 488 g/mol. The van der Waals surface area contributed by atoms with E-state index in [1.54, 1.807) is 0 Å². The van der Waals surface area contributed by atoms with Crippen molar-refractivity contribution in [3.8, 4) is 11.1 Å². The summed E-state index contributed by atoms with van der Waals surface area (Å²) in [7, 11) is -2.51. The minimum absolute atomic E-state index is 0.189. The normalized spacial score (nSPS) is 18.3. The first-order chi connectivity index (χ1) is 18.6. The van der Waals surface area contributed by atoms with Crippen molar-refractivity contribution in [2.75, 3.05) is 0 Å². The van der Waals surface area contributed by atoms with Gasteiger partial charge < -0.3 is 10.1 Å². The van der Waals surface area contributed by atoms with Gasteiger partial charge in [-0.3, -0.25) is 0 Å². The third kappa shape index (κ3) is 4.80. The van der Waals surface area contributed by atoms with Gasteiger partial charge in [-0.25, -0.2) is 0 Å². The summed E-state index contributed by atoms with van der Waals surface area (Å²) in [5, 5.41) is 9.25. The van der Waals surface area contributed by atoms with E-state index in [1.165, 1.54) is 5.56 Å². The summed E-state index contributed by atoms with van der Waals surface area (Å²) in [5.74, 6) is 0. The summed E-state index contributed by atoms with van der Waals surface area (Å²) in [4.78, 5) is 0. The van der Waals surface area contributed by atoms with Crippen LogP contribution >= 0.6 is 0 Å². The molecule has 1 atom stereocenters. The summed E-state index contributed by atoms with van der Waals surface area (Å²) in [6, 6.07) is 39.8. The van der Waals surface area contributed by atoms with E-state index in [1.807, 2.05) is 30.3 Å². The van der Waals surface area contributed by atoms with Gasteiger partial charge in [0.15, 0.2) is 8.24 Å². The minimum atomic E-state index is -2.51. The molecule has 194 valence electrons. The van der Waals surface area contributed by atoms with Gasteiger partial charge in [-0.2, -0.15) is 0 Å². The van der Waals surface area contributed by atoms with Crippen molar-refractivity contribution in [1.82, 2.24) is 0 Å². The molecule has 0 saturated heterocycles. The predicted octanol–water partition coefficient (Wildman–Crippen LogP) is 9.14. The molecule has 4 aromatic carbocycles. The third-order valence-corrected chi connectivity index (χ3v) is 11.1. The van der Waals surface area contributed by atoms with Crippen LogP contribution in [0.15, 0.2) is 131 Å². The topological polar surface area (TPSA) is 36.2 Å². The van der Waals surface area contributed by atoms with Crippen LogP contribution in [-0.4, -0.2) is 19.7 Å². The van der Waals surface area contributed by atoms with Crippen molar-refractivity contribution >= 4 is 25.7 Å². The second-order valence-electron chi connectivity index (χ2n) is 11.8. The number of nitrogens with zero attached hydrogens (tertiary/aromatic N) is 1. The van der Waals surface area contributed by atoms with E-state index in [9.17, 15) is 5.41 Å². The molecule has 39 heavy (non-hydrogen) atoms. The lowest BCUT2D eigenvalue weighted by molar-refractivity contribution is 0.591. The van der Waals surface area contributed by atoms with Crippen molar-refractivity contribution in [1.29, 1.82) is 5.41 Å². The van der Waals surface area contributed by atoms with Gasteiger partial charge in [0.1, 0.15) is 0 Å². The second-order valence-corrected chi connectivity index (χ2v) is 15.9. The van der Waals surface area contributed by atoms with Crippen LogP contribution in [0.4, 0.5) is 0 Å². The molecule has 4 aromatic rings. The standard InChI is InChI=1S/C36H36N2Si/c1-35(2,3)34-32(26-21-27-15-9-6-10-16-27)36(39(4,5)38-34,31-19-13-8-14-20-31)33(37)30-24-22-29(23-25-30)28-17-11-7-12-18-28/h6-25,37H,1-5H3. The Morgan fingerprint density at radius 2 is 1.26 bits per heavy atom. The van der Waals surface area contributed by atoms with Gasteiger partial charge in [-0.15, -0.1) is 5.73 Å². The van der Waals surface area contributed by atoms with Crippen molar-refractivity contribution in [2.24, 2.45) is 10.1 Å². The number of rotatable bonds is 5. The first-order valence-corrected chi connectivity index (χ1v) is 16.5. The molecule has 0 radical (unpaired) electrons. The zero-order valence-corrected chi connectivity index (χ0v) is 24.5. The molecule has 0 spiro atoms. The molecule has 2 nitrogen and oxygen atoms in total. The molecule has 0 amide bonds. The molecule has 1 N–H and O–H groups in total. The lowest BCUT2D eigenvalue weighted by Crippen LogP contribution is -2.54. The summed E-state index contributed by atoms with van der Waals surface area (Å²) in [6.07, 6.45) is 2.07. The molecule has 0 aliphatic carbocycles. The molecule has 0 saturated carbocycles. The molecule has 1 heterocycles. The van der Waals surface area contributed by atoms with Gasteiger partial charge in [0.25, 0.3) is 0 Å². The molecule has 1 aliphatic rings. The van der Waals surface area contributed by atoms with E-state index < -0.39 is 13.3 Å². The third-order valence-electron chi connectivity index (χ3n) is 7.68. The second kappa shape index (κ2) is 10.3. The van der Waals surface area contributed by atoms with Crippen LogP contribution in [0, 0.1) is 10.8 Å². The van der Waals surface area contributed by atoms with Crippen LogP contribution in [0.2, 0.25) is 13.1 Å². The number of hydrogen-bond acceptors (Lipinski definition) is 2. The fourth-order valence-corrected chi connectivity index (χ4v) is 9.37. The number of benzene rings is 4. The van der Waals surface area contributed by atoms with Gasteiger partial charge in [0, 0.05) is 16.7 Å². The zero-order valence-electron chi connectivity index (χ0n) is 23.5. The summed E-state index contributed by atoms with van der Waals surface area (Å²) in [5.41, 5.74) is 11.7. The molecule has 0 bridgehead atoms. The average Bonchev–Trinajstić information content (AvgIpc) is 3.20. The van der Waals surface area contributed by atoms with Crippen LogP contribution in [-0.2, 0) is 5.04 Å². The van der Waals surface area contributed by atoms with E-state index in [0.717, 1.165) is 33.5 Å². The highest BCUT2D eigenvalue weighted by Crippen LogP contribution is 2.51. The Morgan fingerprint density at radius 3 is 1.82 bits per heavy atom. The highest BCUT2D eigenvalue weighted by Gasteiger charge is 2.61. The monoisotopic (exact) mass is 524 g/mol. The Morgan fingerprint density at radius 1 is 0.744 bits per heavy atom. The van der Waals surface area contributed by atoms with Crippen molar-refractivity contribution in [3.05, 3.63) is 143 Å². The van der Waals surface area contributed by atoms with E-state index in [-0.39, 0.29) is 5.41 Å². The quantitative estimate of drug-likeness (QED) is 0.153. The van der Waals surface area contributed by atoms with Gasteiger partial charge in [-0.1, -0.05) is 136 Å². The van der Waals surface area contributed by atoms with E-state index in [2.05, 4.69) is 131 Å². The van der Waals surface area contributed by atoms with Gasteiger partial charge >= 0.3 is 0 Å². The Balaban J connectivity index is 1.76. The van der Waals surface area contributed by atoms with Crippen LogP contribution in [0.25, 0.3) is 17.2 Å². The summed E-state index contributed by atoms with van der Waals surface area (Å²) < 4.78 is 5.52. The lowest BCUT2D eigenvalue weighted by atomic mass is 9.75. The first-order valence-electron chi connectivity index (χ1n) is 13.6. The van der Waals surface area contributed by atoms with Gasteiger partial charge in [-0.05, 0) is 47.0 Å². The molecule has 1 aliphatic heterocycles. The Labute approximate surface area is 234 Å². The maximum Gasteiger partial charge on any atom is 0.197 e. The summed E-state index contributed by atoms with van der Waals surface area (Å²) >= 11 is 0.